The zero-order chi connectivity index (χ0) is 14.0. The first-order chi connectivity index (χ1) is 8.94. The largest absolute Gasteiger partial charge is 0.342 e. The molecule has 0 atom stereocenters. The average molecular weight is 284 g/mol. The Morgan fingerprint density at radius 2 is 1.84 bits per heavy atom. The second-order valence-corrected chi connectivity index (χ2v) is 7.40. The zero-order valence-electron chi connectivity index (χ0n) is 12.1. The summed E-state index contributed by atoms with van der Waals surface area (Å²) in [6.45, 7) is 8.26. The van der Waals surface area contributed by atoms with Gasteiger partial charge < -0.3 is 9.80 Å². The second kappa shape index (κ2) is 5.73. The molecule has 0 bridgehead atoms. The molecule has 19 heavy (non-hydrogen) atoms. The van der Waals surface area contributed by atoms with E-state index in [1.165, 1.54) is 0 Å². The van der Waals surface area contributed by atoms with Crippen molar-refractivity contribution < 1.29 is 9.59 Å². The van der Waals surface area contributed by atoms with Gasteiger partial charge >= 0.3 is 0 Å². The zero-order valence-corrected chi connectivity index (χ0v) is 13.0. The molecule has 0 aromatic heterocycles. The summed E-state index contributed by atoms with van der Waals surface area (Å²) < 4.78 is 0. The minimum Gasteiger partial charge on any atom is -0.342 e. The smallest absolute Gasteiger partial charge is 0.222 e. The molecule has 2 amide bonds. The summed E-state index contributed by atoms with van der Waals surface area (Å²) in [5.74, 6) is 1.88. The van der Waals surface area contributed by atoms with Crippen LogP contribution in [-0.2, 0) is 9.59 Å². The summed E-state index contributed by atoms with van der Waals surface area (Å²) in [5.41, 5.74) is 0. The van der Waals surface area contributed by atoms with Crippen molar-refractivity contribution in [1.82, 2.24) is 9.80 Å². The highest BCUT2D eigenvalue weighted by Crippen LogP contribution is 2.43. The summed E-state index contributed by atoms with van der Waals surface area (Å²) in [7, 11) is 0. The van der Waals surface area contributed by atoms with Crippen LogP contribution < -0.4 is 0 Å². The predicted octanol–water partition coefficient (Wildman–Crippen LogP) is 1.95. The maximum Gasteiger partial charge on any atom is 0.222 e. The fraction of sp³-hybridized carbons (Fsp3) is 0.857. The molecule has 4 nitrogen and oxygen atoms in total. The number of carbonyl (C=O) groups is 2. The molecule has 2 aliphatic rings. The van der Waals surface area contributed by atoms with E-state index in [2.05, 4.69) is 13.8 Å². The molecule has 1 spiro atoms. The lowest BCUT2D eigenvalue weighted by Crippen LogP contribution is -2.53. The van der Waals surface area contributed by atoms with Gasteiger partial charge in [0.05, 0.1) is 4.87 Å². The van der Waals surface area contributed by atoms with Crippen LogP contribution in [-0.4, -0.2) is 51.9 Å². The van der Waals surface area contributed by atoms with Crippen molar-refractivity contribution in [3.05, 3.63) is 0 Å². The molecular weight excluding hydrogens is 260 g/mol. The van der Waals surface area contributed by atoms with E-state index in [0.29, 0.717) is 12.3 Å². The van der Waals surface area contributed by atoms with Gasteiger partial charge in [-0.2, -0.15) is 0 Å². The maximum atomic E-state index is 12.1. The summed E-state index contributed by atoms with van der Waals surface area (Å²) in [4.78, 5) is 27.7. The van der Waals surface area contributed by atoms with Crippen molar-refractivity contribution in [3.8, 4) is 0 Å². The van der Waals surface area contributed by atoms with Crippen LogP contribution in [0.2, 0.25) is 0 Å². The van der Waals surface area contributed by atoms with Gasteiger partial charge in [0, 0.05) is 38.7 Å². The fourth-order valence-electron chi connectivity index (χ4n) is 3.05. The number of hydrogen-bond acceptors (Lipinski definition) is 3. The molecule has 0 unspecified atom stereocenters. The van der Waals surface area contributed by atoms with E-state index in [1.807, 2.05) is 21.6 Å². The van der Waals surface area contributed by atoms with E-state index in [4.69, 9.17) is 0 Å². The lowest BCUT2D eigenvalue weighted by atomic mass is 10.0. The monoisotopic (exact) mass is 284 g/mol. The molecule has 2 saturated heterocycles. The van der Waals surface area contributed by atoms with Crippen LogP contribution in [0.3, 0.4) is 0 Å². The Hall–Kier alpha value is -0.710. The highest BCUT2D eigenvalue weighted by Gasteiger charge is 2.45. The number of carbonyl (C=O) groups excluding carboxylic acids is 2. The van der Waals surface area contributed by atoms with Gasteiger partial charge in [0.2, 0.25) is 11.8 Å². The summed E-state index contributed by atoms with van der Waals surface area (Å²) in [6.07, 6.45) is 2.47. The number of amides is 2. The third-order valence-corrected chi connectivity index (χ3v) is 5.59. The molecule has 2 rings (SSSR count). The van der Waals surface area contributed by atoms with Crippen molar-refractivity contribution >= 4 is 23.6 Å². The quantitative estimate of drug-likeness (QED) is 0.778. The average Bonchev–Trinajstić information content (AvgIpc) is 2.72. The number of rotatable bonds is 2. The van der Waals surface area contributed by atoms with E-state index >= 15 is 0 Å². The van der Waals surface area contributed by atoms with Gasteiger partial charge in [0.25, 0.3) is 0 Å². The van der Waals surface area contributed by atoms with Crippen LogP contribution in [0.4, 0.5) is 0 Å². The number of hydrogen-bond donors (Lipinski definition) is 0. The van der Waals surface area contributed by atoms with Crippen LogP contribution in [0.5, 0.6) is 0 Å². The van der Waals surface area contributed by atoms with Crippen LogP contribution in [0, 0.1) is 5.92 Å². The number of piperidine rings is 1. The van der Waals surface area contributed by atoms with Gasteiger partial charge in [0.15, 0.2) is 0 Å². The summed E-state index contributed by atoms with van der Waals surface area (Å²) in [5, 5.41) is 0. The Kier molecular flexibility index (Phi) is 4.43. The molecule has 0 aromatic rings. The second-order valence-electron chi connectivity index (χ2n) is 5.94. The van der Waals surface area contributed by atoms with Crippen LogP contribution in [0.15, 0.2) is 0 Å². The SMILES string of the molecule is CC(=O)N1CCSC12CCN(C(=O)CC(C)C)CC2. The third kappa shape index (κ3) is 3.07. The molecule has 2 aliphatic heterocycles. The van der Waals surface area contributed by atoms with E-state index in [1.54, 1.807) is 6.92 Å². The predicted molar refractivity (Wildman–Crippen MR) is 77.8 cm³/mol. The third-order valence-electron chi connectivity index (χ3n) is 4.04. The molecule has 108 valence electrons. The van der Waals surface area contributed by atoms with E-state index < -0.39 is 0 Å². The number of nitrogens with zero attached hydrogens (tertiary/aromatic N) is 2. The number of likely N-dealkylation sites (tertiary alicyclic amines) is 1. The molecule has 0 saturated carbocycles. The van der Waals surface area contributed by atoms with Gasteiger partial charge in [0.1, 0.15) is 0 Å². The van der Waals surface area contributed by atoms with Gasteiger partial charge in [-0.3, -0.25) is 9.59 Å². The number of thioether (sulfide) groups is 1. The Labute approximate surface area is 119 Å². The Bertz CT molecular complexity index is 362. The maximum absolute atomic E-state index is 12.1. The van der Waals surface area contributed by atoms with Crippen LogP contribution >= 0.6 is 11.8 Å². The molecule has 2 fully saturated rings. The van der Waals surface area contributed by atoms with Gasteiger partial charge in [-0.05, 0) is 18.8 Å². The highest BCUT2D eigenvalue weighted by molar-refractivity contribution is 8.00. The normalized spacial score (nSPS) is 22.3. The van der Waals surface area contributed by atoms with Crippen LogP contribution in [0.1, 0.15) is 40.0 Å². The fourth-order valence-corrected chi connectivity index (χ4v) is 4.55. The molecule has 5 heteroatoms. The van der Waals surface area contributed by atoms with E-state index in [9.17, 15) is 9.59 Å². The first-order valence-electron chi connectivity index (χ1n) is 7.14. The topological polar surface area (TPSA) is 40.6 Å². The Morgan fingerprint density at radius 1 is 1.21 bits per heavy atom. The van der Waals surface area contributed by atoms with Crippen LogP contribution in [0.25, 0.3) is 0 Å². The van der Waals surface area contributed by atoms with Gasteiger partial charge in [-0.1, -0.05) is 13.8 Å². The summed E-state index contributed by atoms with van der Waals surface area (Å²) >= 11 is 1.90. The Morgan fingerprint density at radius 3 is 2.37 bits per heavy atom. The molecule has 0 aromatic carbocycles. The van der Waals surface area contributed by atoms with Crippen molar-refractivity contribution in [3.63, 3.8) is 0 Å². The molecule has 0 N–H and O–H groups in total. The van der Waals surface area contributed by atoms with E-state index in [0.717, 1.165) is 38.2 Å². The van der Waals surface area contributed by atoms with E-state index in [-0.39, 0.29) is 16.7 Å². The lowest BCUT2D eigenvalue weighted by molar-refractivity contribution is -0.136. The first-order valence-corrected chi connectivity index (χ1v) is 8.13. The summed E-state index contributed by atoms with van der Waals surface area (Å²) in [6, 6.07) is 0. The standard InChI is InChI=1S/C14H24N2O2S/c1-11(2)10-13(18)15-6-4-14(5-7-15)16(12(3)17)8-9-19-14/h11H,4-10H2,1-3H3. The molecular formula is C14H24N2O2S. The molecule has 2 heterocycles. The van der Waals surface area contributed by atoms with Crippen molar-refractivity contribution in [1.29, 1.82) is 0 Å². The Balaban J connectivity index is 1.95. The highest BCUT2D eigenvalue weighted by atomic mass is 32.2. The lowest BCUT2D eigenvalue weighted by Gasteiger charge is -2.44. The van der Waals surface area contributed by atoms with Crippen molar-refractivity contribution in [2.75, 3.05) is 25.4 Å². The minimum absolute atomic E-state index is 0.0273. The minimum atomic E-state index is -0.0273. The molecule has 0 radical (unpaired) electrons. The molecule has 0 aliphatic carbocycles. The first kappa shape index (κ1) is 14.7. The van der Waals surface area contributed by atoms with Crippen molar-refractivity contribution in [2.45, 2.75) is 44.9 Å². The van der Waals surface area contributed by atoms with Gasteiger partial charge in [-0.25, -0.2) is 0 Å². The van der Waals surface area contributed by atoms with Gasteiger partial charge in [-0.15, -0.1) is 11.8 Å². The van der Waals surface area contributed by atoms with Crippen molar-refractivity contribution in [2.24, 2.45) is 5.92 Å².